The van der Waals surface area contributed by atoms with Crippen molar-refractivity contribution in [1.29, 1.82) is 0 Å². The second-order valence-corrected chi connectivity index (χ2v) is 7.67. The van der Waals surface area contributed by atoms with Gasteiger partial charge in [0.15, 0.2) is 6.61 Å². The van der Waals surface area contributed by atoms with E-state index in [4.69, 9.17) is 4.74 Å². The van der Waals surface area contributed by atoms with Crippen LogP contribution in [0, 0.1) is 6.92 Å². The summed E-state index contributed by atoms with van der Waals surface area (Å²) in [7, 11) is 0. The Morgan fingerprint density at radius 3 is 2.41 bits per heavy atom. The van der Waals surface area contributed by atoms with Gasteiger partial charge in [-0.1, -0.05) is 36.8 Å². The molecule has 0 saturated carbocycles. The summed E-state index contributed by atoms with van der Waals surface area (Å²) in [5.41, 5.74) is 2.17. The zero-order chi connectivity index (χ0) is 21.2. The smallest absolute Gasteiger partial charge is 0.339 e. The monoisotopic (exact) mass is 414 g/mol. The van der Waals surface area contributed by atoms with Gasteiger partial charge in [-0.15, -0.1) is 11.8 Å². The number of rotatable bonds is 9. The molecule has 0 radical (unpaired) electrons. The first-order valence-corrected chi connectivity index (χ1v) is 10.4. The molecule has 2 aromatic rings. The number of hydrogen-bond acceptors (Lipinski definition) is 5. The molecule has 0 fully saturated rings. The van der Waals surface area contributed by atoms with Crippen LogP contribution in [0.15, 0.2) is 53.4 Å². The fourth-order valence-electron chi connectivity index (χ4n) is 2.37. The second kappa shape index (κ2) is 11.3. The minimum Gasteiger partial charge on any atom is -0.452 e. The van der Waals surface area contributed by atoms with Crippen molar-refractivity contribution in [3.8, 4) is 0 Å². The highest BCUT2D eigenvalue weighted by Crippen LogP contribution is 2.23. The summed E-state index contributed by atoms with van der Waals surface area (Å²) in [6, 6.07) is 14.4. The highest BCUT2D eigenvalue weighted by atomic mass is 32.2. The molecule has 29 heavy (non-hydrogen) atoms. The number of amides is 2. The van der Waals surface area contributed by atoms with Gasteiger partial charge in [0.1, 0.15) is 0 Å². The van der Waals surface area contributed by atoms with Crippen molar-refractivity contribution in [3.63, 3.8) is 0 Å². The number of benzene rings is 2. The predicted octanol–water partition coefficient (Wildman–Crippen LogP) is 3.80. The van der Waals surface area contributed by atoms with Gasteiger partial charge in [0.25, 0.3) is 5.91 Å². The van der Waals surface area contributed by atoms with Gasteiger partial charge in [-0.05, 0) is 44.5 Å². The molecule has 0 aliphatic heterocycles. The molecular formula is C22H26N2O4S. The molecule has 0 spiro atoms. The van der Waals surface area contributed by atoms with Crippen molar-refractivity contribution >= 4 is 35.2 Å². The average Bonchev–Trinajstić information content (AvgIpc) is 2.72. The van der Waals surface area contributed by atoms with Gasteiger partial charge in [0, 0.05) is 16.6 Å². The maximum Gasteiger partial charge on any atom is 0.339 e. The lowest BCUT2D eigenvalue weighted by Gasteiger charge is -2.12. The average molecular weight is 415 g/mol. The molecule has 0 aromatic heterocycles. The van der Waals surface area contributed by atoms with Crippen molar-refractivity contribution in [2.45, 2.75) is 38.1 Å². The third-order valence-corrected chi connectivity index (χ3v) is 5.23. The van der Waals surface area contributed by atoms with E-state index in [0.29, 0.717) is 10.5 Å². The molecule has 0 aliphatic rings. The van der Waals surface area contributed by atoms with Crippen LogP contribution in [0.5, 0.6) is 0 Å². The molecule has 2 rings (SSSR count). The van der Waals surface area contributed by atoms with Crippen LogP contribution in [0.4, 0.5) is 5.69 Å². The van der Waals surface area contributed by atoms with E-state index in [1.165, 1.54) is 11.8 Å². The third kappa shape index (κ3) is 7.62. The molecule has 2 N–H and O–H groups in total. The van der Waals surface area contributed by atoms with E-state index < -0.39 is 5.97 Å². The van der Waals surface area contributed by atoms with E-state index in [0.717, 1.165) is 17.7 Å². The molecule has 0 unspecified atom stereocenters. The molecule has 1 atom stereocenters. The summed E-state index contributed by atoms with van der Waals surface area (Å²) in [5.74, 6) is -0.955. The van der Waals surface area contributed by atoms with Gasteiger partial charge in [-0.2, -0.15) is 0 Å². The second-order valence-electron chi connectivity index (χ2n) is 6.65. The number of thioether (sulfide) groups is 1. The Morgan fingerprint density at radius 1 is 1.03 bits per heavy atom. The predicted molar refractivity (Wildman–Crippen MR) is 115 cm³/mol. The van der Waals surface area contributed by atoms with Crippen LogP contribution in [0.2, 0.25) is 0 Å². The van der Waals surface area contributed by atoms with Crippen LogP contribution in [-0.4, -0.2) is 36.2 Å². The van der Waals surface area contributed by atoms with Crippen LogP contribution in [0.3, 0.4) is 0 Å². The van der Waals surface area contributed by atoms with Crippen molar-refractivity contribution < 1.29 is 19.1 Å². The topological polar surface area (TPSA) is 84.5 Å². The number of esters is 1. The van der Waals surface area contributed by atoms with Gasteiger partial charge in [0.05, 0.1) is 11.3 Å². The number of nitrogens with one attached hydrogen (secondary N) is 2. The van der Waals surface area contributed by atoms with Crippen LogP contribution in [0.1, 0.15) is 36.2 Å². The maximum atomic E-state index is 12.4. The summed E-state index contributed by atoms with van der Waals surface area (Å²) in [5, 5.41) is 5.57. The molecule has 0 saturated heterocycles. The molecule has 2 aromatic carbocycles. The van der Waals surface area contributed by atoms with E-state index in [1.54, 1.807) is 24.3 Å². The normalized spacial score (nSPS) is 11.4. The van der Waals surface area contributed by atoms with Crippen molar-refractivity contribution in [2.75, 3.05) is 17.7 Å². The SMILES string of the molecule is CC[C@H](C)NC(=O)COC(=O)c1ccccc1SCC(=O)Nc1ccc(C)cc1. The lowest BCUT2D eigenvalue weighted by Crippen LogP contribution is -2.35. The minimum absolute atomic E-state index is 0.0242. The number of ether oxygens (including phenoxy) is 1. The molecule has 2 amide bonds. The number of hydrogen-bond donors (Lipinski definition) is 2. The van der Waals surface area contributed by atoms with Crippen LogP contribution in [-0.2, 0) is 14.3 Å². The van der Waals surface area contributed by atoms with Gasteiger partial charge in [-0.25, -0.2) is 4.79 Å². The molecule has 0 aliphatic carbocycles. The summed E-state index contributed by atoms with van der Waals surface area (Å²) < 4.78 is 5.12. The highest BCUT2D eigenvalue weighted by molar-refractivity contribution is 8.00. The van der Waals surface area contributed by atoms with Crippen molar-refractivity contribution in [3.05, 3.63) is 59.7 Å². The highest BCUT2D eigenvalue weighted by Gasteiger charge is 2.16. The molecule has 7 heteroatoms. The fraction of sp³-hybridized carbons (Fsp3) is 0.318. The Kier molecular flexibility index (Phi) is 8.73. The van der Waals surface area contributed by atoms with Crippen LogP contribution >= 0.6 is 11.8 Å². The minimum atomic E-state index is -0.591. The number of anilines is 1. The third-order valence-electron chi connectivity index (χ3n) is 4.16. The van der Waals surface area contributed by atoms with Crippen LogP contribution < -0.4 is 10.6 Å². The Hall–Kier alpha value is -2.80. The summed E-state index contributed by atoms with van der Waals surface area (Å²) in [4.78, 5) is 37.0. The van der Waals surface area contributed by atoms with Crippen molar-refractivity contribution in [2.24, 2.45) is 0 Å². The Morgan fingerprint density at radius 2 is 1.72 bits per heavy atom. The van der Waals surface area contributed by atoms with Gasteiger partial charge < -0.3 is 15.4 Å². The van der Waals surface area contributed by atoms with E-state index in [1.807, 2.05) is 45.0 Å². The van der Waals surface area contributed by atoms with E-state index in [2.05, 4.69) is 10.6 Å². The Balaban J connectivity index is 1.90. The lowest BCUT2D eigenvalue weighted by atomic mass is 10.2. The summed E-state index contributed by atoms with van der Waals surface area (Å²) in [6.45, 7) is 5.48. The molecule has 6 nitrogen and oxygen atoms in total. The number of carbonyl (C=O) groups excluding carboxylic acids is 3. The van der Waals surface area contributed by atoms with Crippen LogP contribution in [0.25, 0.3) is 0 Å². The molecular weight excluding hydrogens is 388 g/mol. The summed E-state index contributed by atoms with van der Waals surface area (Å²) in [6.07, 6.45) is 0.795. The fourth-order valence-corrected chi connectivity index (χ4v) is 3.21. The largest absolute Gasteiger partial charge is 0.452 e. The van der Waals surface area contributed by atoms with Gasteiger partial charge in [-0.3, -0.25) is 9.59 Å². The maximum absolute atomic E-state index is 12.4. The van der Waals surface area contributed by atoms with E-state index in [9.17, 15) is 14.4 Å². The Bertz CT molecular complexity index is 852. The standard InChI is InChI=1S/C22H26N2O4S/c1-4-16(3)23-20(25)13-28-22(27)18-7-5-6-8-19(18)29-14-21(26)24-17-11-9-15(2)10-12-17/h5-12,16H,4,13-14H2,1-3H3,(H,23,25)(H,24,26)/t16-/m0/s1. The lowest BCUT2D eigenvalue weighted by molar-refractivity contribution is -0.124. The molecule has 0 heterocycles. The van der Waals surface area contributed by atoms with E-state index in [-0.39, 0.29) is 30.2 Å². The number of carbonyl (C=O) groups is 3. The quantitative estimate of drug-likeness (QED) is 0.482. The van der Waals surface area contributed by atoms with E-state index >= 15 is 0 Å². The number of aryl methyl sites for hydroxylation is 1. The first-order chi connectivity index (χ1) is 13.9. The Labute approximate surface area is 175 Å². The van der Waals surface area contributed by atoms with Gasteiger partial charge >= 0.3 is 5.97 Å². The first kappa shape index (κ1) is 22.5. The zero-order valence-electron chi connectivity index (χ0n) is 16.9. The van der Waals surface area contributed by atoms with Gasteiger partial charge in [0.2, 0.25) is 5.91 Å². The summed E-state index contributed by atoms with van der Waals surface area (Å²) >= 11 is 1.24. The van der Waals surface area contributed by atoms with Crippen molar-refractivity contribution in [1.82, 2.24) is 5.32 Å². The molecule has 0 bridgehead atoms. The zero-order valence-corrected chi connectivity index (χ0v) is 17.7. The first-order valence-electron chi connectivity index (χ1n) is 9.44. The molecule has 154 valence electrons.